The molecule has 1 heterocycles. The highest BCUT2D eigenvalue weighted by Gasteiger charge is 2.07. The lowest BCUT2D eigenvalue weighted by atomic mass is 10.1. The van der Waals surface area contributed by atoms with E-state index in [9.17, 15) is 0 Å². The summed E-state index contributed by atoms with van der Waals surface area (Å²) in [4.78, 5) is 0. The molecule has 0 aliphatic rings. The summed E-state index contributed by atoms with van der Waals surface area (Å²) < 4.78 is 6.27. The number of hydrogen-bond acceptors (Lipinski definition) is 2. The number of rotatable bonds is 4. The fraction of sp³-hybridized carbons (Fsp3) is 0.625. The summed E-state index contributed by atoms with van der Waals surface area (Å²) in [5, 5.41) is 7.01. The molecule has 68 valence electrons. The topological polar surface area (TPSA) is 37.9 Å². The van der Waals surface area contributed by atoms with Crippen molar-refractivity contribution < 1.29 is 4.74 Å². The SMILES string of the molecule is CCC(Cc1cc(I)n[nH]1)OC. The van der Waals surface area contributed by atoms with Crippen LogP contribution in [0.1, 0.15) is 19.0 Å². The van der Waals surface area contributed by atoms with Gasteiger partial charge in [-0.3, -0.25) is 5.10 Å². The molecule has 0 aliphatic heterocycles. The quantitative estimate of drug-likeness (QED) is 0.856. The third-order valence-corrected chi connectivity index (χ3v) is 2.39. The first-order valence-electron chi connectivity index (χ1n) is 3.98. The Kier molecular flexibility index (Phi) is 4.00. The second-order valence-electron chi connectivity index (χ2n) is 2.69. The van der Waals surface area contributed by atoms with Crippen LogP contribution in [0.2, 0.25) is 0 Å². The van der Waals surface area contributed by atoms with Crippen LogP contribution in [-0.4, -0.2) is 23.4 Å². The van der Waals surface area contributed by atoms with E-state index in [4.69, 9.17) is 4.74 Å². The average Bonchev–Trinajstić information content (AvgIpc) is 2.47. The lowest BCUT2D eigenvalue weighted by molar-refractivity contribution is 0.0990. The van der Waals surface area contributed by atoms with Gasteiger partial charge in [-0.05, 0) is 35.1 Å². The molecule has 1 N–H and O–H groups in total. The number of hydrogen-bond donors (Lipinski definition) is 1. The van der Waals surface area contributed by atoms with Crippen molar-refractivity contribution in [1.29, 1.82) is 0 Å². The zero-order valence-electron chi connectivity index (χ0n) is 7.30. The Hall–Kier alpha value is -0.100. The molecule has 0 bridgehead atoms. The first kappa shape index (κ1) is 9.98. The van der Waals surface area contributed by atoms with Crippen LogP contribution >= 0.6 is 22.6 Å². The molecule has 12 heavy (non-hydrogen) atoms. The van der Waals surface area contributed by atoms with Gasteiger partial charge in [0.1, 0.15) is 3.70 Å². The normalized spacial score (nSPS) is 13.2. The van der Waals surface area contributed by atoms with Gasteiger partial charge in [-0.2, -0.15) is 5.10 Å². The van der Waals surface area contributed by atoms with Gasteiger partial charge in [-0.25, -0.2) is 0 Å². The molecule has 0 amide bonds. The van der Waals surface area contributed by atoms with E-state index < -0.39 is 0 Å². The molecule has 1 aromatic heterocycles. The van der Waals surface area contributed by atoms with Crippen molar-refractivity contribution in [2.45, 2.75) is 25.9 Å². The molecule has 0 radical (unpaired) electrons. The van der Waals surface area contributed by atoms with Gasteiger partial charge in [0.25, 0.3) is 0 Å². The highest BCUT2D eigenvalue weighted by Crippen LogP contribution is 2.08. The molecule has 0 saturated heterocycles. The molecule has 0 aromatic carbocycles. The molecule has 1 atom stereocenters. The predicted octanol–water partition coefficient (Wildman–Crippen LogP) is 1.98. The van der Waals surface area contributed by atoms with Crippen molar-refractivity contribution in [2.24, 2.45) is 0 Å². The largest absolute Gasteiger partial charge is 0.381 e. The summed E-state index contributed by atoms with van der Waals surface area (Å²) in [6, 6.07) is 2.04. The summed E-state index contributed by atoms with van der Waals surface area (Å²) in [6.45, 7) is 2.12. The van der Waals surface area contributed by atoms with Crippen LogP contribution in [0.4, 0.5) is 0 Å². The van der Waals surface area contributed by atoms with Crippen molar-refractivity contribution >= 4 is 22.6 Å². The van der Waals surface area contributed by atoms with Gasteiger partial charge >= 0.3 is 0 Å². The van der Waals surface area contributed by atoms with E-state index in [1.165, 1.54) is 0 Å². The second-order valence-corrected chi connectivity index (χ2v) is 3.79. The fourth-order valence-electron chi connectivity index (χ4n) is 1.08. The van der Waals surface area contributed by atoms with Gasteiger partial charge in [0.2, 0.25) is 0 Å². The zero-order chi connectivity index (χ0) is 8.97. The number of aromatic nitrogens is 2. The second kappa shape index (κ2) is 4.81. The lowest BCUT2D eigenvalue weighted by Gasteiger charge is -2.10. The number of ether oxygens (including phenoxy) is 1. The molecule has 4 heteroatoms. The van der Waals surface area contributed by atoms with Gasteiger partial charge in [-0.1, -0.05) is 6.92 Å². The van der Waals surface area contributed by atoms with Crippen LogP contribution in [0.15, 0.2) is 6.07 Å². The van der Waals surface area contributed by atoms with Crippen molar-refractivity contribution in [2.75, 3.05) is 7.11 Å². The number of H-pyrrole nitrogens is 1. The Morgan fingerprint density at radius 2 is 2.50 bits per heavy atom. The van der Waals surface area contributed by atoms with E-state index in [0.717, 1.165) is 22.2 Å². The standard InChI is InChI=1S/C8H13IN2O/c1-3-7(12-2)4-6-5-8(9)11-10-6/h5,7H,3-4H2,1-2H3,(H,10,11). The molecule has 1 aromatic rings. The zero-order valence-corrected chi connectivity index (χ0v) is 9.46. The molecule has 1 unspecified atom stereocenters. The summed E-state index contributed by atoms with van der Waals surface area (Å²) in [5.41, 5.74) is 1.15. The summed E-state index contributed by atoms with van der Waals surface area (Å²) in [7, 11) is 1.75. The van der Waals surface area contributed by atoms with Crippen molar-refractivity contribution in [3.8, 4) is 0 Å². The Balaban J connectivity index is 2.50. The molecule has 1 rings (SSSR count). The first-order valence-corrected chi connectivity index (χ1v) is 5.06. The maximum atomic E-state index is 5.26. The lowest BCUT2D eigenvalue weighted by Crippen LogP contribution is -2.12. The van der Waals surface area contributed by atoms with E-state index in [0.29, 0.717) is 6.10 Å². The molecule has 0 saturated carbocycles. The van der Waals surface area contributed by atoms with Crippen LogP contribution in [0.25, 0.3) is 0 Å². The van der Waals surface area contributed by atoms with E-state index in [2.05, 4.69) is 39.7 Å². The summed E-state index contributed by atoms with van der Waals surface area (Å²) in [5.74, 6) is 0. The number of halogens is 1. The Labute approximate surface area is 86.0 Å². The smallest absolute Gasteiger partial charge is 0.123 e. The third kappa shape index (κ3) is 2.75. The van der Waals surface area contributed by atoms with Crippen LogP contribution in [-0.2, 0) is 11.2 Å². The Morgan fingerprint density at radius 1 is 1.75 bits per heavy atom. The molecule has 0 spiro atoms. The molecule has 0 aliphatic carbocycles. The molecule has 0 fully saturated rings. The van der Waals surface area contributed by atoms with Crippen LogP contribution in [0, 0.1) is 3.70 Å². The van der Waals surface area contributed by atoms with Crippen LogP contribution in [0.5, 0.6) is 0 Å². The maximum absolute atomic E-state index is 5.26. The third-order valence-electron chi connectivity index (χ3n) is 1.84. The molecular weight excluding hydrogens is 267 g/mol. The van der Waals surface area contributed by atoms with Gasteiger partial charge in [0.05, 0.1) is 6.10 Å². The minimum Gasteiger partial charge on any atom is -0.381 e. The monoisotopic (exact) mass is 280 g/mol. The Bertz CT molecular complexity index is 233. The van der Waals surface area contributed by atoms with E-state index >= 15 is 0 Å². The van der Waals surface area contributed by atoms with Gasteiger partial charge < -0.3 is 4.74 Å². The first-order chi connectivity index (χ1) is 5.76. The van der Waals surface area contributed by atoms with E-state index in [1.54, 1.807) is 7.11 Å². The average molecular weight is 280 g/mol. The van der Waals surface area contributed by atoms with Crippen LogP contribution < -0.4 is 0 Å². The van der Waals surface area contributed by atoms with Gasteiger partial charge in [0, 0.05) is 19.2 Å². The number of nitrogens with zero attached hydrogens (tertiary/aromatic N) is 1. The minimum atomic E-state index is 0.307. The van der Waals surface area contributed by atoms with Crippen LogP contribution in [0.3, 0.4) is 0 Å². The number of nitrogens with one attached hydrogen (secondary N) is 1. The highest BCUT2D eigenvalue weighted by atomic mass is 127. The Morgan fingerprint density at radius 3 is 2.92 bits per heavy atom. The maximum Gasteiger partial charge on any atom is 0.123 e. The predicted molar refractivity (Wildman–Crippen MR) is 56.1 cm³/mol. The molecule has 3 nitrogen and oxygen atoms in total. The summed E-state index contributed by atoms with van der Waals surface area (Å²) >= 11 is 2.19. The molecular formula is C8H13IN2O. The van der Waals surface area contributed by atoms with E-state index in [-0.39, 0.29) is 0 Å². The van der Waals surface area contributed by atoms with Gasteiger partial charge in [0.15, 0.2) is 0 Å². The minimum absolute atomic E-state index is 0.307. The van der Waals surface area contributed by atoms with Crippen molar-refractivity contribution in [3.05, 3.63) is 15.5 Å². The summed E-state index contributed by atoms with van der Waals surface area (Å²) in [6.07, 6.45) is 2.26. The number of methoxy groups -OCH3 is 1. The fourth-order valence-corrected chi connectivity index (χ4v) is 1.57. The highest BCUT2D eigenvalue weighted by molar-refractivity contribution is 14.1. The van der Waals surface area contributed by atoms with Gasteiger partial charge in [-0.15, -0.1) is 0 Å². The van der Waals surface area contributed by atoms with Crippen molar-refractivity contribution in [3.63, 3.8) is 0 Å². The number of aromatic amines is 1. The van der Waals surface area contributed by atoms with Crippen molar-refractivity contribution in [1.82, 2.24) is 10.2 Å². The van der Waals surface area contributed by atoms with E-state index in [1.807, 2.05) is 6.07 Å².